The van der Waals surface area contributed by atoms with Crippen LogP contribution in [-0.4, -0.2) is 53.4 Å². The second kappa shape index (κ2) is 9.02. The molecule has 0 N–H and O–H groups in total. The van der Waals surface area contributed by atoms with E-state index in [0.717, 1.165) is 59.6 Å². The first-order chi connectivity index (χ1) is 12.5. The van der Waals surface area contributed by atoms with E-state index in [4.69, 9.17) is 0 Å². The predicted octanol–water partition coefficient (Wildman–Crippen LogP) is 4.16. The highest BCUT2D eigenvalue weighted by Gasteiger charge is 2.24. The summed E-state index contributed by atoms with van der Waals surface area (Å²) < 4.78 is 0. The van der Waals surface area contributed by atoms with Crippen LogP contribution in [0.1, 0.15) is 34.9 Å². The fourth-order valence-corrected chi connectivity index (χ4v) is 4.87. The number of piperazine rings is 1. The van der Waals surface area contributed by atoms with Gasteiger partial charge in [0.15, 0.2) is 0 Å². The quantitative estimate of drug-likeness (QED) is 0.695. The molecule has 1 saturated heterocycles. The molecule has 1 amide bonds. The van der Waals surface area contributed by atoms with Gasteiger partial charge in [0.25, 0.3) is 5.91 Å². The molecule has 0 bridgehead atoms. The second-order valence-corrected chi connectivity index (χ2v) is 9.21. The lowest BCUT2D eigenvalue weighted by atomic mass is 10.1. The first-order valence-corrected chi connectivity index (χ1v) is 11.0. The Labute approximate surface area is 164 Å². The second-order valence-electron chi connectivity index (χ2n) is 7.13. The van der Waals surface area contributed by atoms with E-state index in [2.05, 4.69) is 29.1 Å². The molecule has 1 aliphatic rings. The molecule has 4 nitrogen and oxygen atoms in total. The summed E-state index contributed by atoms with van der Waals surface area (Å²) in [6.07, 6.45) is 0. The Morgan fingerprint density at radius 2 is 1.96 bits per heavy atom. The van der Waals surface area contributed by atoms with E-state index in [1.165, 1.54) is 0 Å². The largest absolute Gasteiger partial charge is 0.336 e. The van der Waals surface area contributed by atoms with Crippen LogP contribution in [-0.2, 0) is 5.75 Å². The van der Waals surface area contributed by atoms with Crippen LogP contribution in [0.25, 0.3) is 0 Å². The number of aryl methyl sites for hydroxylation is 1. The third-order valence-corrected chi connectivity index (χ3v) is 6.37. The molecule has 6 heteroatoms. The van der Waals surface area contributed by atoms with Crippen LogP contribution in [0.5, 0.6) is 0 Å². The van der Waals surface area contributed by atoms with Crippen LogP contribution in [0.3, 0.4) is 0 Å². The Balaban J connectivity index is 1.62. The van der Waals surface area contributed by atoms with Crippen molar-refractivity contribution in [1.29, 1.82) is 0 Å². The summed E-state index contributed by atoms with van der Waals surface area (Å²) in [6, 6.07) is 7.97. The van der Waals surface area contributed by atoms with Crippen molar-refractivity contribution < 1.29 is 4.79 Å². The van der Waals surface area contributed by atoms with Crippen LogP contribution in [0.2, 0.25) is 0 Å². The van der Waals surface area contributed by atoms with Crippen LogP contribution in [0.4, 0.5) is 0 Å². The summed E-state index contributed by atoms with van der Waals surface area (Å²) in [6.45, 7) is 11.2. The molecule has 0 saturated carbocycles. The standard InChI is InChI=1S/C20H27N3OS2/c1-15(2)12-22-8-10-23(11-9-22)20(24)18-6-4-5-7-19(18)26-14-17-13-25-16(3)21-17/h4-7,13,15H,8-12,14H2,1-3H3. The van der Waals surface area contributed by atoms with E-state index in [1.54, 1.807) is 23.1 Å². The van der Waals surface area contributed by atoms with Gasteiger partial charge in [0, 0.05) is 48.8 Å². The van der Waals surface area contributed by atoms with E-state index in [9.17, 15) is 4.79 Å². The van der Waals surface area contributed by atoms with E-state index in [-0.39, 0.29) is 5.91 Å². The Morgan fingerprint density at radius 1 is 1.23 bits per heavy atom. The van der Waals surface area contributed by atoms with Crippen molar-refractivity contribution >= 4 is 29.0 Å². The summed E-state index contributed by atoms with van der Waals surface area (Å²) in [5.41, 5.74) is 1.91. The zero-order chi connectivity index (χ0) is 18.5. The molecule has 0 unspecified atom stereocenters. The average molecular weight is 390 g/mol. The van der Waals surface area contributed by atoms with Crippen molar-refractivity contribution in [3.05, 3.63) is 45.9 Å². The van der Waals surface area contributed by atoms with Crippen LogP contribution >= 0.6 is 23.1 Å². The fourth-order valence-electron chi connectivity index (χ4n) is 3.22. The minimum Gasteiger partial charge on any atom is -0.336 e. The number of carbonyl (C=O) groups excluding carboxylic acids is 1. The maximum Gasteiger partial charge on any atom is 0.255 e. The number of hydrogen-bond acceptors (Lipinski definition) is 5. The first-order valence-electron chi connectivity index (χ1n) is 9.17. The Kier molecular flexibility index (Phi) is 6.73. The summed E-state index contributed by atoms with van der Waals surface area (Å²) >= 11 is 3.37. The monoisotopic (exact) mass is 389 g/mol. The highest BCUT2D eigenvalue weighted by Crippen LogP contribution is 2.28. The molecule has 3 rings (SSSR count). The van der Waals surface area contributed by atoms with Crippen molar-refractivity contribution in [3.63, 3.8) is 0 Å². The fraction of sp³-hybridized carbons (Fsp3) is 0.500. The predicted molar refractivity (Wildman–Crippen MR) is 110 cm³/mol. The highest BCUT2D eigenvalue weighted by atomic mass is 32.2. The van der Waals surface area contributed by atoms with Crippen LogP contribution in [0, 0.1) is 12.8 Å². The van der Waals surface area contributed by atoms with Gasteiger partial charge in [-0.1, -0.05) is 26.0 Å². The number of rotatable bonds is 6. The molecular weight excluding hydrogens is 362 g/mol. The molecule has 2 aromatic rings. The molecule has 2 heterocycles. The molecule has 0 spiro atoms. The van der Waals surface area contributed by atoms with Gasteiger partial charge in [0.2, 0.25) is 0 Å². The molecular formula is C20H27N3OS2. The zero-order valence-corrected chi connectivity index (χ0v) is 17.4. The number of thioether (sulfide) groups is 1. The number of hydrogen-bond donors (Lipinski definition) is 0. The van der Waals surface area contributed by atoms with Crippen molar-refractivity contribution in [1.82, 2.24) is 14.8 Å². The summed E-state index contributed by atoms with van der Waals surface area (Å²) in [5.74, 6) is 1.63. The molecule has 1 aromatic heterocycles. The van der Waals surface area contributed by atoms with Crippen molar-refractivity contribution in [2.75, 3.05) is 32.7 Å². The van der Waals surface area contributed by atoms with Crippen molar-refractivity contribution in [2.45, 2.75) is 31.4 Å². The van der Waals surface area contributed by atoms with Gasteiger partial charge < -0.3 is 4.90 Å². The SMILES string of the molecule is Cc1nc(CSc2ccccc2C(=O)N2CCN(CC(C)C)CC2)cs1. The third-order valence-electron chi connectivity index (χ3n) is 4.44. The van der Waals surface area contributed by atoms with Gasteiger partial charge in [0.1, 0.15) is 0 Å². The molecule has 0 atom stereocenters. The minimum atomic E-state index is 0.159. The molecule has 0 radical (unpaired) electrons. The van der Waals surface area contributed by atoms with Gasteiger partial charge in [0.05, 0.1) is 16.3 Å². The normalized spacial score (nSPS) is 15.6. The molecule has 0 aliphatic carbocycles. The maximum absolute atomic E-state index is 13.0. The zero-order valence-electron chi connectivity index (χ0n) is 15.8. The first kappa shape index (κ1) is 19.4. The summed E-state index contributed by atoms with van der Waals surface area (Å²) in [5, 5.41) is 3.19. The average Bonchev–Trinajstić information content (AvgIpc) is 3.05. The van der Waals surface area contributed by atoms with Crippen molar-refractivity contribution in [3.8, 4) is 0 Å². The lowest BCUT2D eigenvalue weighted by Crippen LogP contribution is -2.49. The number of nitrogens with zero attached hydrogens (tertiary/aromatic N) is 3. The van der Waals surface area contributed by atoms with Gasteiger partial charge in [-0.3, -0.25) is 9.69 Å². The lowest BCUT2D eigenvalue weighted by molar-refractivity contribution is 0.0620. The topological polar surface area (TPSA) is 36.4 Å². The smallest absolute Gasteiger partial charge is 0.255 e. The Morgan fingerprint density at radius 3 is 2.62 bits per heavy atom. The summed E-state index contributed by atoms with van der Waals surface area (Å²) in [4.78, 5) is 23.1. The van der Waals surface area contributed by atoms with Gasteiger partial charge in [-0.05, 0) is 25.0 Å². The van der Waals surface area contributed by atoms with E-state index in [0.29, 0.717) is 5.92 Å². The molecule has 140 valence electrons. The van der Waals surface area contributed by atoms with E-state index >= 15 is 0 Å². The summed E-state index contributed by atoms with van der Waals surface area (Å²) in [7, 11) is 0. The highest BCUT2D eigenvalue weighted by molar-refractivity contribution is 7.98. The number of amides is 1. The third kappa shape index (κ3) is 5.09. The van der Waals surface area contributed by atoms with Crippen molar-refractivity contribution in [2.24, 2.45) is 5.92 Å². The molecule has 1 fully saturated rings. The van der Waals surface area contributed by atoms with Crippen LogP contribution < -0.4 is 0 Å². The van der Waals surface area contributed by atoms with E-state index < -0.39 is 0 Å². The van der Waals surface area contributed by atoms with E-state index in [1.807, 2.05) is 36.1 Å². The Bertz CT molecular complexity index is 736. The lowest BCUT2D eigenvalue weighted by Gasteiger charge is -2.35. The number of benzene rings is 1. The Hall–Kier alpha value is -1.37. The molecule has 1 aliphatic heterocycles. The number of aromatic nitrogens is 1. The van der Waals surface area contributed by atoms with Gasteiger partial charge in [-0.25, -0.2) is 4.98 Å². The number of thiazole rings is 1. The molecule has 1 aromatic carbocycles. The van der Waals surface area contributed by atoms with Gasteiger partial charge in [-0.15, -0.1) is 23.1 Å². The van der Waals surface area contributed by atoms with Gasteiger partial charge in [-0.2, -0.15) is 0 Å². The number of carbonyl (C=O) groups is 1. The van der Waals surface area contributed by atoms with Crippen LogP contribution in [0.15, 0.2) is 34.5 Å². The maximum atomic E-state index is 13.0. The minimum absolute atomic E-state index is 0.159. The molecule has 26 heavy (non-hydrogen) atoms. The van der Waals surface area contributed by atoms with Gasteiger partial charge >= 0.3 is 0 Å².